The summed E-state index contributed by atoms with van der Waals surface area (Å²) in [5.74, 6) is 5.57. The number of nitrogens with two attached hydrogens (primary N) is 1. The van der Waals surface area contributed by atoms with Gasteiger partial charge < -0.3 is 0 Å². The van der Waals surface area contributed by atoms with Crippen molar-refractivity contribution in [3.63, 3.8) is 0 Å². The van der Waals surface area contributed by atoms with Gasteiger partial charge in [0.05, 0.1) is 5.02 Å². The fourth-order valence-corrected chi connectivity index (χ4v) is 0.687. The molecular weight excluding hydrogens is 166 g/mol. The van der Waals surface area contributed by atoms with Gasteiger partial charge in [0.2, 0.25) is 6.41 Å². The van der Waals surface area contributed by atoms with Crippen molar-refractivity contribution in [3.8, 4) is 0 Å². The molecule has 1 heterocycles. The van der Waals surface area contributed by atoms with Crippen LogP contribution in [0.1, 0.15) is 0 Å². The second-order valence-corrected chi connectivity index (χ2v) is 2.28. The van der Waals surface area contributed by atoms with Crippen LogP contribution in [-0.4, -0.2) is 11.4 Å². The minimum atomic E-state index is 0.365. The molecule has 0 fully saturated rings. The minimum absolute atomic E-state index is 0.365. The lowest BCUT2D eigenvalue weighted by Gasteiger charge is -2.07. The van der Waals surface area contributed by atoms with Gasteiger partial charge in [0.25, 0.3) is 0 Å². The van der Waals surface area contributed by atoms with Crippen LogP contribution in [0.4, 0.5) is 5.82 Å². The number of aromatic nitrogens is 1. The first-order valence-corrected chi connectivity index (χ1v) is 3.22. The van der Waals surface area contributed by atoms with E-state index in [0.29, 0.717) is 17.3 Å². The predicted molar refractivity (Wildman–Crippen MR) is 42.0 cm³/mol. The van der Waals surface area contributed by atoms with Crippen molar-refractivity contribution in [2.75, 3.05) is 5.01 Å². The molecule has 0 aromatic carbocycles. The Hall–Kier alpha value is -1.13. The molecule has 0 aliphatic rings. The van der Waals surface area contributed by atoms with Crippen LogP contribution in [-0.2, 0) is 4.79 Å². The highest BCUT2D eigenvalue weighted by Gasteiger charge is 1.98. The molecule has 1 rings (SSSR count). The number of pyridine rings is 1. The zero-order valence-corrected chi connectivity index (χ0v) is 6.32. The van der Waals surface area contributed by atoms with Crippen molar-refractivity contribution in [2.45, 2.75) is 0 Å². The quantitative estimate of drug-likeness (QED) is 0.306. The molecule has 1 aromatic rings. The maximum Gasteiger partial charge on any atom is 0.229 e. The van der Waals surface area contributed by atoms with Gasteiger partial charge >= 0.3 is 0 Å². The molecule has 58 valence electrons. The van der Waals surface area contributed by atoms with Crippen molar-refractivity contribution in [3.05, 3.63) is 23.4 Å². The third-order valence-corrected chi connectivity index (χ3v) is 1.31. The highest BCUT2D eigenvalue weighted by Crippen LogP contribution is 2.10. The van der Waals surface area contributed by atoms with Crippen LogP contribution in [0.15, 0.2) is 18.3 Å². The SMILES string of the molecule is NN(C=O)c1ccc(Cl)cn1. The van der Waals surface area contributed by atoms with Crippen molar-refractivity contribution in [1.82, 2.24) is 4.98 Å². The highest BCUT2D eigenvalue weighted by atomic mass is 35.5. The van der Waals surface area contributed by atoms with E-state index in [1.165, 1.54) is 6.20 Å². The Labute approximate surface area is 68.6 Å². The zero-order chi connectivity index (χ0) is 8.27. The fourth-order valence-electron chi connectivity index (χ4n) is 0.575. The Balaban J connectivity index is 2.89. The summed E-state index contributed by atoms with van der Waals surface area (Å²) in [6.45, 7) is 0. The number of halogens is 1. The molecule has 0 aliphatic heterocycles. The highest BCUT2D eigenvalue weighted by molar-refractivity contribution is 6.30. The van der Waals surface area contributed by atoms with Crippen LogP contribution in [0.5, 0.6) is 0 Å². The van der Waals surface area contributed by atoms with E-state index in [4.69, 9.17) is 17.4 Å². The summed E-state index contributed by atoms with van der Waals surface area (Å²) in [6.07, 6.45) is 1.89. The fraction of sp³-hybridized carbons (Fsp3) is 0. The lowest BCUT2D eigenvalue weighted by Crippen LogP contribution is -2.29. The number of nitrogens with zero attached hydrogens (tertiary/aromatic N) is 2. The summed E-state index contributed by atoms with van der Waals surface area (Å²) >= 11 is 5.55. The second kappa shape index (κ2) is 3.32. The average Bonchev–Trinajstić information content (AvgIpc) is 2.05. The summed E-state index contributed by atoms with van der Waals surface area (Å²) in [5, 5.41) is 1.38. The van der Waals surface area contributed by atoms with Gasteiger partial charge in [-0.15, -0.1) is 0 Å². The number of carbonyl (C=O) groups is 1. The number of amides is 1. The summed E-state index contributed by atoms with van der Waals surface area (Å²) in [6, 6.07) is 3.16. The molecule has 0 saturated heterocycles. The standard InChI is InChI=1S/C6H6ClN3O/c7-5-1-2-6(9-3-5)10(8)4-11/h1-4H,8H2. The van der Waals surface area contributed by atoms with Gasteiger partial charge in [-0.3, -0.25) is 4.79 Å². The first-order valence-electron chi connectivity index (χ1n) is 2.85. The van der Waals surface area contributed by atoms with Crippen LogP contribution in [0.3, 0.4) is 0 Å². The number of hydrogen-bond donors (Lipinski definition) is 1. The van der Waals surface area contributed by atoms with E-state index in [-0.39, 0.29) is 0 Å². The van der Waals surface area contributed by atoms with E-state index in [9.17, 15) is 4.79 Å². The van der Waals surface area contributed by atoms with Gasteiger partial charge in [-0.2, -0.15) is 0 Å². The molecule has 0 aliphatic carbocycles. The maximum absolute atomic E-state index is 10.1. The van der Waals surface area contributed by atoms with Crippen molar-refractivity contribution < 1.29 is 4.79 Å². The second-order valence-electron chi connectivity index (χ2n) is 1.85. The molecule has 4 nitrogen and oxygen atoms in total. The van der Waals surface area contributed by atoms with Gasteiger partial charge in [-0.05, 0) is 12.1 Å². The Morgan fingerprint density at radius 1 is 1.64 bits per heavy atom. The average molecular weight is 172 g/mol. The third-order valence-electron chi connectivity index (χ3n) is 1.09. The van der Waals surface area contributed by atoms with E-state index in [2.05, 4.69) is 4.98 Å². The molecule has 0 spiro atoms. The summed E-state index contributed by atoms with van der Waals surface area (Å²) in [7, 11) is 0. The molecular formula is C6H6ClN3O. The first kappa shape index (κ1) is 7.97. The molecule has 1 amide bonds. The lowest BCUT2D eigenvalue weighted by molar-refractivity contribution is -0.107. The van der Waals surface area contributed by atoms with Crippen LogP contribution >= 0.6 is 11.6 Å². The van der Waals surface area contributed by atoms with E-state index in [1.807, 2.05) is 0 Å². The van der Waals surface area contributed by atoms with Crippen molar-refractivity contribution in [1.29, 1.82) is 0 Å². The van der Waals surface area contributed by atoms with Gasteiger partial charge in [0.15, 0.2) is 0 Å². The Bertz CT molecular complexity index is 249. The Morgan fingerprint density at radius 2 is 2.36 bits per heavy atom. The summed E-state index contributed by atoms with van der Waals surface area (Å²) < 4.78 is 0. The molecule has 1 aromatic heterocycles. The maximum atomic E-state index is 10.1. The largest absolute Gasteiger partial charge is 0.277 e. The topological polar surface area (TPSA) is 59.2 Å². The lowest BCUT2D eigenvalue weighted by atomic mass is 10.4. The van der Waals surface area contributed by atoms with Crippen LogP contribution in [0, 0.1) is 0 Å². The van der Waals surface area contributed by atoms with Crippen LogP contribution in [0.2, 0.25) is 5.02 Å². The molecule has 2 N–H and O–H groups in total. The van der Waals surface area contributed by atoms with Crippen LogP contribution in [0.25, 0.3) is 0 Å². The molecule has 0 bridgehead atoms. The first-order chi connectivity index (χ1) is 5.24. The van der Waals surface area contributed by atoms with Gasteiger partial charge in [0, 0.05) is 6.20 Å². The smallest absolute Gasteiger partial charge is 0.229 e. The van der Waals surface area contributed by atoms with Crippen molar-refractivity contribution in [2.24, 2.45) is 5.84 Å². The number of hydrazine groups is 1. The monoisotopic (exact) mass is 171 g/mol. The van der Waals surface area contributed by atoms with E-state index in [0.717, 1.165) is 5.01 Å². The number of rotatable bonds is 2. The number of carbonyl (C=O) groups excluding carboxylic acids is 1. The van der Waals surface area contributed by atoms with Gasteiger partial charge in [-0.25, -0.2) is 15.8 Å². The molecule has 0 unspecified atom stereocenters. The Morgan fingerprint density at radius 3 is 2.82 bits per heavy atom. The minimum Gasteiger partial charge on any atom is -0.277 e. The normalized spacial score (nSPS) is 9.27. The predicted octanol–water partition coefficient (Wildman–Crippen LogP) is 0.571. The zero-order valence-electron chi connectivity index (χ0n) is 5.57. The molecule has 0 saturated carbocycles. The third kappa shape index (κ3) is 1.89. The molecule has 5 heteroatoms. The molecule has 0 radical (unpaired) electrons. The molecule has 11 heavy (non-hydrogen) atoms. The summed E-state index contributed by atoms with van der Waals surface area (Å²) in [4.78, 5) is 13.9. The van der Waals surface area contributed by atoms with Gasteiger partial charge in [0.1, 0.15) is 5.82 Å². The number of anilines is 1. The van der Waals surface area contributed by atoms with E-state index in [1.54, 1.807) is 12.1 Å². The van der Waals surface area contributed by atoms with E-state index >= 15 is 0 Å². The van der Waals surface area contributed by atoms with Gasteiger partial charge in [-0.1, -0.05) is 11.6 Å². The number of hydrogen-bond acceptors (Lipinski definition) is 3. The van der Waals surface area contributed by atoms with E-state index < -0.39 is 0 Å². The summed E-state index contributed by atoms with van der Waals surface area (Å²) in [5.41, 5.74) is 0. The van der Waals surface area contributed by atoms with Crippen LogP contribution < -0.4 is 10.9 Å². The Kier molecular flexibility index (Phi) is 2.40. The molecule has 0 atom stereocenters. The van der Waals surface area contributed by atoms with Crippen molar-refractivity contribution >= 4 is 23.8 Å².